The Morgan fingerprint density at radius 2 is 1.83 bits per heavy atom. The van der Waals surface area contributed by atoms with E-state index in [1.165, 1.54) is 13.0 Å². The molecule has 1 N–H and O–H groups in total. The highest BCUT2D eigenvalue weighted by atomic mass is 16.6. The summed E-state index contributed by atoms with van der Waals surface area (Å²) in [6, 6.07) is 0. The van der Waals surface area contributed by atoms with Crippen molar-refractivity contribution in [2.45, 2.75) is 92.0 Å². The van der Waals surface area contributed by atoms with E-state index in [0.29, 0.717) is 12.0 Å². The highest BCUT2D eigenvalue weighted by molar-refractivity contribution is 6.00. The second kappa shape index (κ2) is 11.6. The number of fused-ring (bicyclic) bond motifs is 5. The third kappa shape index (κ3) is 5.10. The topological polar surface area (TPSA) is 116 Å². The summed E-state index contributed by atoms with van der Waals surface area (Å²) < 4.78 is 17.8. The summed E-state index contributed by atoms with van der Waals surface area (Å²) in [6.45, 7) is 14.4. The zero-order valence-corrected chi connectivity index (χ0v) is 26.1. The Labute approximate surface area is 249 Å². The van der Waals surface area contributed by atoms with E-state index in [0.717, 1.165) is 18.4 Å². The van der Waals surface area contributed by atoms with Crippen LogP contribution in [-0.2, 0) is 33.4 Å². The highest BCUT2D eigenvalue weighted by Crippen LogP contribution is 2.77. The number of hydrogen-bond donors (Lipinski definition) is 1. The molecule has 4 aliphatic rings. The molecule has 230 valence electrons. The van der Waals surface area contributed by atoms with E-state index < -0.39 is 76.1 Å². The van der Waals surface area contributed by atoms with Gasteiger partial charge in [-0.1, -0.05) is 78.3 Å². The first kappa shape index (κ1) is 31.9. The van der Waals surface area contributed by atoms with E-state index in [2.05, 4.69) is 6.92 Å². The van der Waals surface area contributed by atoms with Gasteiger partial charge in [-0.25, -0.2) is 4.79 Å². The highest BCUT2D eigenvalue weighted by Gasteiger charge is 2.87. The molecule has 4 aliphatic carbocycles. The maximum atomic E-state index is 13.4. The number of Topliss-reactive ketones (excluding diaryl/α,β-unsaturated/α-hetero) is 1. The average molecular weight is 583 g/mol. The Bertz CT molecular complexity index is 1250. The minimum Gasteiger partial charge on any atom is -0.461 e. The molecule has 8 nitrogen and oxygen atoms in total. The molecule has 8 heteroatoms. The van der Waals surface area contributed by atoms with E-state index in [9.17, 15) is 24.3 Å². The van der Waals surface area contributed by atoms with Gasteiger partial charge in [-0.15, -0.1) is 0 Å². The molecule has 8 atom stereocenters. The van der Waals surface area contributed by atoms with E-state index in [4.69, 9.17) is 14.2 Å². The lowest BCUT2D eigenvalue weighted by atomic mass is 9.60. The molecule has 0 unspecified atom stereocenters. The Morgan fingerprint density at radius 1 is 1.14 bits per heavy atom. The third-order valence-electron chi connectivity index (χ3n) is 10.1. The maximum Gasteiger partial charge on any atom is 0.331 e. The van der Waals surface area contributed by atoms with E-state index in [1.807, 2.05) is 39.0 Å². The van der Waals surface area contributed by atoms with Gasteiger partial charge in [-0.05, 0) is 30.9 Å². The molecule has 2 saturated carbocycles. The van der Waals surface area contributed by atoms with Crippen LogP contribution in [0, 0.1) is 40.9 Å². The second-order valence-corrected chi connectivity index (χ2v) is 13.4. The van der Waals surface area contributed by atoms with Gasteiger partial charge < -0.3 is 19.3 Å². The number of ether oxygens (including phenoxy) is 3. The lowest BCUT2D eigenvalue weighted by Crippen LogP contribution is -2.63. The Kier molecular flexibility index (Phi) is 8.81. The van der Waals surface area contributed by atoms with Crippen molar-refractivity contribution in [1.82, 2.24) is 0 Å². The predicted molar refractivity (Wildman–Crippen MR) is 157 cm³/mol. The molecule has 0 heterocycles. The molecule has 0 bridgehead atoms. The van der Waals surface area contributed by atoms with Crippen LogP contribution in [0.4, 0.5) is 0 Å². The van der Waals surface area contributed by atoms with E-state index >= 15 is 0 Å². The van der Waals surface area contributed by atoms with Gasteiger partial charge >= 0.3 is 17.9 Å². The number of unbranched alkanes of at least 4 members (excludes halogenated alkanes) is 1. The van der Waals surface area contributed by atoms with E-state index in [-0.39, 0.29) is 12.4 Å². The quantitative estimate of drug-likeness (QED) is 0.132. The average Bonchev–Trinajstić information content (AvgIpc) is 3.31. The molecular weight excluding hydrogens is 536 g/mol. The summed E-state index contributed by atoms with van der Waals surface area (Å²) in [4.78, 5) is 51.5. The number of rotatable bonds is 9. The largest absolute Gasteiger partial charge is 0.461 e. The van der Waals surface area contributed by atoms with Crippen molar-refractivity contribution < 1.29 is 38.5 Å². The molecule has 4 rings (SSSR count). The second-order valence-electron chi connectivity index (χ2n) is 13.4. The molecule has 0 aromatic rings. The first-order valence-electron chi connectivity index (χ1n) is 15.2. The number of esters is 3. The van der Waals surface area contributed by atoms with Crippen LogP contribution in [0.5, 0.6) is 0 Å². The van der Waals surface area contributed by atoms with Crippen LogP contribution in [0.25, 0.3) is 0 Å². The van der Waals surface area contributed by atoms with Crippen LogP contribution in [0.2, 0.25) is 0 Å². The van der Waals surface area contributed by atoms with Crippen molar-refractivity contribution in [3.8, 4) is 0 Å². The zero-order valence-electron chi connectivity index (χ0n) is 26.1. The smallest absolute Gasteiger partial charge is 0.331 e. The maximum absolute atomic E-state index is 13.4. The van der Waals surface area contributed by atoms with Crippen LogP contribution >= 0.6 is 0 Å². The van der Waals surface area contributed by atoms with Crippen LogP contribution in [-0.4, -0.2) is 52.7 Å². The lowest BCUT2D eigenvalue weighted by molar-refractivity contribution is -0.219. The van der Waals surface area contributed by atoms with Crippen molar-refractivity contribution in [2.75, 3.05) is 6.61 Å². The van der Waals surface area contributed by atoms with Gasteiger partial charge in [0, 0.05) is 48.0 Å². The number of hydrogen-bond acceptors (Lipinski definition) is 8. The van der Waals surface area contributed by atoms with Gasteiger partial charge in [0.15, 0.2) is 11.4 Å². The number of carbonyl (C=O) groups excluding carboxylic acids is 4. The van der Waals surface area contributed by atoms with E-state index in [1.54, 1.807) is 32.9 Å². The first-order chi connectivity index (χ1) is 19.6. The van der Waals surface area contributed by atoms with Crippen LogP contribution in [0.1, 0.15) is 74.7 Å². The molecule has 42 heavy (non-hydrogen) atoms. The van der Waals surface area contributed by atoms with Crippen molar-refractivity contribution in [1.29, 1.82) is 0 Å². The Balaban J connectivity index is 1.84. The first-order valence-corrected chi connectivity index (χ1v) is 15.2. The van der Waals surface area contributed by atoms with Crippen molar-refractivity contribution >= 4 is 23.7 Å². The predicted octanol–water partition coefficient (Wildman–Crippen LogP) is 5.06. The van der Waals surface area contributed by atoms with Gasteiger partial charge in [0.25, 0.3) is 0 Å². The van der Waals surface area contributed by atoms with Crippen molar-refractivity contribution in [3.63, 3.8) is 0 Å². The Hall–Kier alpha value is -3.00. The molecule has 0 spiro atoms. The van der Waals surface area contributed by atoms with Gasteiger partial charge in [0.1, 0.15) is 12.7 Å². The number of allylic oxidation sites excluding steroid dienone is 4. The summed E-state index contributed by atoms with van der Waals surface area (Å²) in [5.74, 6) is -4.70. The molecule has 0 saturated heterocycles. The molecule has 0 aromatic heterocycles. The monoisotopic (exact) mass is 582 g/mol. The molecule has 0 amide bonds. The summed E-state index contributed by atoms with van der Waals surface area (Å²) in [5, 5.41) is 12.9. The van der Waals surface area contributed by atoms with Crippen LogP contribution in [0.3, 0.4) is 0 Å². The third-order valence-corrected chi connectivity index (χ3v) is 10.1. The molecular formula is C34H46O8. The molecule has 0 aromatic carbocycles. The molecule has 0 aliphatic heterocycles. The zero-order chi connectivity index (χ0) is 31.2. The summed E-state index contributed by atoms with van der Waals surface area (Å²) in [7, 11) is 0. The number of aliphatic hydroxyl groups is 1. The van der Waals surface area contributed by atoms with Crippen molar-refractivity contribution in [2.24, 2.45) is 40.9 Å². The fraction of sp³-hybridized carbons (Fsp3) is 0.647. The van der Waals surface area contributed by atoms with Crippen LogP contribution < -0.4 is 0 Å². The number of carbonyl (C=O) groups is 4. The van der Waals surface area contributed by atoms with Gasteiger partial charge in [0.05, 0.1) is 11.5 Å². The minimum atomic E-state index is -1.50. The lowest BCUT2D eigenvalue weighted by Gasteiger charge is -2.52. The van der Waals surface area contributed by atoms with Gasteiger partial charge in [-0.2, -0.15) is 0 Å². The normalized spacial score (nSPS) is 36.5. The SMILES string of the molecule is CCC/C=C/C=C\C(=O)O[C@H]1[C@@H](C)[C@@]2(O)[C@@H]3C=C(C)C(=O)[C@H]3CC(COC(C)=O)=C[C@@H]2[C@H]2C(C)(C)[C@]12OC(=O)C(C)C. The van der Waals surface area contributed by atoms with Gasteiger partial charge in [0.2, 0.25) is 0 Å². The van der Waals surface area contributed by atoms with Crippen molar-refractivity contribution in [3.05, 3.63) is 47.6 Å². The van der Waals surface area contributed by atoms with Gasteiger partial charge in [-0.3, -0.25) is 14.4 Å². The van der Waals surface area contributed by atoms with Crippen LogP contribution in [0.15, 0.2) is 47.6 Å². The standard InChI is InChI=1S/C34H46O8/c1-9-10-11-12-13-14-27(36)41-30-21(5)33(39)25-15-20(4)28(37)24(25)16-23(18-40-22(6)35)17-26(33)29-32(7,8)34(29,30)42-31(38)19(2)3/h11-15,17,19,21,24-26,29-30,39H,9-10,16,18H2,1-8H3/b12-11+,14-13-/t21-,24+,25-,26-,29+,30+,33-,34-/m1/s1. The molecule has 2 fully saturated rings. The molecule has 0 radical (unpaired) electrons. The fourth-order valence-corrected chi connectivity index (χ4v) is 7.87. The summed E-state index contributed by atoms with van der Waals surface area (Å²) in [6.07, 6.45) is 11.7. The minimum absolute atomic E-state index is 0.00648. The summed E-state index contributed by atoms with van der Waals surface area (Å²) in [5.41, 5.74) is -2.06. The number of ketones is 1. The Morgan fingerprint density at radius 3 is 2.45 bits per heavy atom. The summed E-state index contributed by atoms with van der Waals surface area (Å²) >= 11 is 0. The fourth-order valence-electron chi connectivity index (χ4n) is 7.87.